The summed E-state index contributed by atoms with van der Waals surface area (Å²) in [5, 5.41) is 5.58. The molecule has 1 aromatic carbocycles. The standard InChI is InChI=1S/C20H23N5O2/c26-19(14-25-20(27)18-7-2-1-5-16(18)13-22-25)24-10-4-3-6-17(24)8-11-23-12-9-21-15-23/h1-2,5,7,9,12-13,15,17H,3-4,6,8,10-11,14H2/t17-/m0/s1. The van der Waals surface area contributed by atoms with Gasteiger partial charge in [0.15, 0.2) is 0 Å². The summed E-state index contributed by atoms with van der Waals surface area (Å²) in [5.74, 6) is -0.0322. The van der Waals surface area contributed by atoms with E-state index in [1.807, 2.05) is 33.9 Å². The first-order valence-electron chi connectivity index (χ1n) is 9.42. The molecule has 7 heteroatoms. The molecule has 0 spiro atoms. The first-order chi connectivity index (χ1) is 13.2. The molecule has 1 aliphatic heterocycles. The van der Waals surface area contributed by atoms with Crippen LogP contribution >= 0.6 is 0 Å². The number of rotatable bonds is 5. The van der Waals surface area contributed by atoms with Crippen molar-refractivity contribution in [3.8, 4) is 0 Å². The number of carbonyl (C=O) groups is 1. The number of nitrogens with zero attached hydrogens (tertiary/aromatic N) is 5. The third kappa shape index (κ3) is 3.77. The highest BCUT2D eigenvalue weighted by Crippen LogP contribution is 2.21. The van der Waals surface area contributed by atoms with Gasteiger partial charge in [0.25, 0.3) is 5.56 Å². The van der Waals surface area contributed by atoms with Gasteiger partial charge in [0.05, 0.1) is 17.9 Å². The molecule has 0 unspecified atom stereocenters. The average Bonchev–Trinajstić information content (AvgIpc) is 3.22. The van der Waals surface area contributed by atoms with E-state index in [2.05, 4.69) is 10.1 Å². The van der Waals surface area contributed by atoms with Crippen LogP contribution in [-0.4, -0.2) is 42.7 Å². The van der Waals surface area contributed by atoms with E-state index in [1.165, 1.54) is 4.68 Å². The lowest BCUT2D eigenvalue weighted by Gasteiger charge is -2.36. The van der Waals surface area contributed by atoms with Crippen LogP contribution in [0.3, 0.4) is 0 Å². The Morgan fingerprint density at radius 1 is 1.22 bits per heavy atom. The Bertz CT molecular complexity index is 979. The second-order valence-corrected chi connectivity index (χ2v) is 7.02. The molecule has 3 aromatic rings. The topological polar surface area (TPSA) is 73.0 Å². The minimum atomic E-state index is -0.214. The molecule has 0 aliphatic carbocycles. The van der Waals surface area contributed by atoms with Crippen molar-refractivity contribution in [2.45, 2.75) is 44.8 Å². The van der Waals surface area contributed by atoms with Crippen LogP contribution in [0.25, 0.3) is 10.8 Å². The van der Waals surface area contributed by atoms with Gasteiger partial charge in [-0.1, -0.05) is 18.2 Å². The number of carbonyl (C=O) groups excluding carboxylic acids is 1. The Morgan fingerprint density at radius 3 is 2.96 bits per heavy atom. The number of likely N-dealkylation sites (tertiary alicyclic amines) is 1. The van der Waals surface area contributed by atoms with Crippen LogP contribution in [-0.2, 0) is 17.9 Å². The zero-order valence-electron chi connectivity index (χ0n) is 15.2. The molecule has 140 valence electrons. The van der Waals surface area contributed by atoms with Crippen molar-refractivity contribution >= 4 is 16.7 Å². The fraction of sp³-hybridized carbons (Fsp3) is 0.400. The Kier molecular flexibility index (Phi) is 5.00. The van der Waals surface area contributed by atoms with Crippen molar-refractivity contribution in [3.63, 3.8) is 0 Å². The van der Waals surface area contributed by atoms with Gasteiger partial charge in [0.1, 0.15) is 6.54 Å². The first-order valence-corrected chi connectivity index (χ1v) is 9.42. The Labute approximate surface area is 157 Å². The van der Waals surface area contributed by atoms with E-state index >= 15 is 0 Å². The average molecular weight is 365 g/mol. The summed E-state index contributed by atoms with van der Waals surface area (Å²) >= 11 is 0. The second-order valence-electron chi connectivity index (χ2n) is 7.02. The van der Waals surface area contributed by atoms with Crippen molar-refractivity contribution in [2.24, 2.45) is 0 Å². The number of amides is 1. The number of aromatic nitrogens is 4. The molecule has 1 atom stereocenters. The van der Waals surface area contributed by atoms with Crippen LogP contribution in [0.2, 0.25) is 0 Å². The van der Waals surface area contributed by atoms with Crippen molar-refractivity contribution in [1.82, 2.24) is 24.2 Å². The third-order valence-electron chi connectivity index (χ3n) is 5.27. The molecule has 27 heavy (non-hydrogen) atoms. The number of hydrogen-bond donors (Lipinski definition) is 0. The summed E-state index contributed by atoms with van der Waals surface area (Å²) in [6, 6.07) is 7.52. The molecule has 3 heterocycles. The Hall–Kier alpha value is -2.96. The Morgan fingerprint density at radius 2 is 2.11 bits per heavy atom. The molecule has 0 saturated carbocycles. The molecule has 1 fully saturated rings. The number of aryl methyl sites for hydroxylation is 1. The van der Waals surface area contributed by atoms with Crippen LogP contribution in [0.4, 0.5) is 0 Å². The van der Waals surface area contributed by atoms with Gasteiger partial charge in [-0.3, -0.25) is 9.59 Å². The predicted molar refractivity (Wildman–Crippen MR) is 102 cm³/mol. The van der Waals surface area contributed by atoms with E-state index in [1.54, 1.807) is 24.8 Å². The molecule has 1 aliphatic rings. The lowest BCUT2D eigenvalue weighted by atomic mass is 9.99. The lowest BCUT2D eigenvalue weighted by molar-refractivity contribution is -0.136. The summed E-state index contributed by atoms with van der Waals surface area (Å²) in [6.07, 6.45) is 11.2. The van der Waals surface area contributed by atoms with Gasteiger partial charge in [-0.2, -0.15) is 5.10 Å². The quantitative estimate of drug-likeness (QED) is 0.694. The van der Waals surface area contributed by atoms with Crippen molar-refractivity contribution in [1.29, 1.82) is 0 Å². The molecule has 2 aromatic heterocycles. The van der Waals surface area contributed by atoms with Crippen LogP contribution in [0.15, 0.2) is 54.0 Å². The molecule has 7 nitrogen and oxygen atoms in total. The number of hydrogen-bond acceptors (Lipinski definition) is 4. The molecule has 0 radical (unpaired) electrons. The Balaban J connectivity index is 1.48. The highest BCUT2D eigenvalue weighted by Gasteiger charge is 2.27. The van der Waals surface area contributed by atoms with Gasteiger partial charge in [-0.15, -0.1) is 0 Å². The van der Waals surface area contributed by atoms with Crippen LogP contribution in [0.5, 0.6) is 0 Å². The highest BCUT2D eigenvalue weighted by molar-refractivity contribution is 5.81. The maximum atomic E-state index is 12.9. The molecule has 0 N–H and O–H groups in total. The van der Waals surface area contributed by atoms with Gasteiger partial charge >= 0.3 is 0 Å². The lowest BCUT2D eigenvalue weighted by Crippen LogP contribution is -2.46. The molecule has 4 rings (SSSR count). The van der Waals surface area contributed by atoms with E-state index in [0.717, 1.165) is 44.2 Å². The summed E-state index contributed by atoms with van der Waals surface area (Å²) < 4.78 is 3.32. The summed E-state index contributed by atoms with van der Waals surface area (Å²) in [7, 11) is 0. The molecular formula is C20H23N5O2. The maximum Gasteiger partial charge on any atom is 0.275 e. The minimum Gasteiger partial charge on any atom is -0.338 e. The smallest absolute Gasteiger partial charge is 0.275 e. The maximum absolute atomic E-state index is 12.9. The van der Waals surface area contributed by atoms with E-state index in [9.17, 15) is 9.59 Å². The highest BCUT2D eigenvalue weighted by atomic mass is 16.2. The fourth-order valence-corrected chi connectivity index (χ4v) is 3.81. The predicted octanol–water partition coefficient (Wildman–Crippen LogP) is 2.06. The molecule has 0 bridgehead atoms. The van der Waals surface area contributed by atoms with E-state index in [0.29, 0.717) is 5.39 Å². The van der Waals surface area contributed by atoms with Gasteiger partial charge in [-0.25, -0.2) is 9.67 Å². The fourth-order valence-electron chi connectivity index (χ4n) is 3.81. The second kappa shape index (κ2) is 7.73. The van der Waals surface area contributed by atoms with Crippen molar-refractivity contribution in [2.75, 3.05) is 6.54 Å². The monoisotopic (exact) mass is 365 g/mol. The van der Waals surface area contributed by atoms with Gasteiger partial charge in [-0.05, 0) is 31.7 Å². The van der Waals surface area contributed by atoms with Crippen molar-refractivity contribution < 1.29 is 4.79 Å². The summed E-state index contributed by atoms with van der Waals surface area (Å²) in [4.78, 5) is 31.6. The first kappa shape index (κ1) is 17.5. The normalized spacial score (nSPS) is 17.3. The minimum absolute atomic E-state index is 0.00869. The molecule has 1 amide bonds. The van der Waals surface area contributed by atoms with Crippen molar-refractivity contribution in [3.05, 3.63) is 59.5 Å². The van der Waals surface area contributed by atoms with Crippen LogP contribution in [0, 0.1) is 0 Å². The number of fused-ring (bicyclic) bond motifs is 1. The van der Waals surface area contributed by atoms with E-state index in [-0.39, 0.29) is 24.1 Å². The molecular weight excluding hydrogens is 342 g/mol. The number of benzene rings is 1. The van der Waals surface area contributed by atoms with Gasteiger partial charge < -0.3 is 9.47 Å². The van der Waals surface area contributed by atoms with Crippen LogP contribution < -0.4 is 5.56 Å². The van der Waals surface area contributed by atoms with E-state index in [4.69, 9.17) is 0 Å². The zero-order chi connectivity index (χ0) is 18.6. The SMILES string of the molecule is O=C(Cn1ncc2ccccc2c1=O)N1CCCC[C@H]1CCn1ccnc1. The van der Waals surface area contributed by atoms with Crippen LogP contribution in [0.1, 0.15) is 25.7 Å². The number of imidazole rings is 1. The molecule has 1 saturated heterocycles. The summed E-state index contributed by atoms with van der Waals surface area (Å²) in [6.45, 7) is 1.57. The zero-order valence-corrected chi connectivity index (χ0v) is 15.2. The largest absolute Gasteiger partial charge is 0.338 e. The van der Waals surface area contributed by atoms with Gasteiger partial charge in [0.2, 0.25) is 5.91 Å². The third-order valence-corrected chi connectivity index (χ3v) is 5.27. The summed E-state index contributed by atoms with van der Waals surface area (Å²) in [5.41, 5.74) is -0.214. The van der Waals surface area contributed by atoms with Gasteiger partial charge in [0, 0.05) is 36.9 Å². The number of piperidine rings is 1. The van der Waals surface area contributed by atoms with E-state index < -0.39 is 0 Å².